The second-order valence-corrected chi connectivity index (χ2v) is 13.2. The number of pyridine rings is 2. The molecule has 9 heteroatoms. The average molecular weight is 734 g/mol. The standard InChI is InChI=1S/C23H22N4O2.C23H25NO2/c1-2-6-18(7-3-1)19-11-12-20(24-15-19)16-29-22-9-4-8-21(14-22)28-13-5-10-23-25-17-26-27-23;1-18(25)8-3-2-4-9-19-10-7-12-22(16-19)26-17-21-15-14-20-11-5-6-13-23(20)24-21/h1-4,6-9,11-12,14-15,17H,5,10,13,16H2,(H,25,26,27);5-7,10-16H,2-4,8-9,17H2,1H3. The molecule has 0 unspecified atom stereocenters. The van der Waals surface area contributed by atoms with Crippen LogP contribution in [0.2, 0.25) is 0 Å². The summed E-state index contributed by atoms with van der Waals surface area (Å²) in [7, 11) is 0. The predicted molar refractivity (Wildman–Crippen MR) is 216 cm³/mol. The van der Waals surface area contributed by atoms with Crippen molar-refractivity contribution in [1.82, 2.24) is 25.1 Å². The summed E-state index contributed by atoms with van der Waals surface area (Å²) in [6, 6.07) is 42.4. The van der Waals surface area contributed by atoms with Crippen molar-refractivity contribution in [3.63, 3.8) is 0 Å². The Morgan fingerprint density at radius 3 is 2.15 bits per heavy atom. The number of aromatic nitrogens is 5. The van der Waals surface area contributed by atoms with Crippen LogP contribution in [0.15, 0.2) is 140 Å². The number of rotatable bonds is 18. The number of hydrogen-bond acceptors (Lipinski definition) is 8. The number of ether oxygens (including phenoxy) is 3. The molecule has 55 heavy (non-hydrogen) atoms. The number of nitrogens with one attached hydrogen (secondary N) is 1. The Hall–Kier alpha value is -6.35. The summed E-state index contributed by atoms with van der Waals surface area (Å²) in [5.41, 5.74) is 6.32. The van der Waals surface area contributed by atoms with Crippen LogP contribution in [0.1, 0.15) is 61.8 Å². The van der Waals surface area contributed by atoms with E-state index in [1.54, 1.807) is 6.92 Å². The molecule has 0 atom stereocenters. The molecular formula is C46H47N5O4. The predicted octanol–water partition coefficient (Wildman–Crippen LogP) is 9.96. The van der Waals surface area contributed by atoms with E-state index in [1.165, 1.54) is 11.9 Å². The highest BCUT2D eigenvalue weighted by molar-refractivity contribution is 5.78. The van der Waals surface area contributed by atoms with Gasteiger partial charge in [0.1, 0.15) is 48.4 Å². The molecule has 0 fully saturated rings. The Kier molecular flexibility index (Phi) is 14.5. The van der Waals surface area contributed by atoms with Crippen LogP contribution in [0.25, 0.3) is 22.0 Å². The van der Waals surface area contributed by atoms with E-state index in [0.29, 0.717) is 26.2 Å². The molecule has 4 aromatic carbocycles. The van der Waals surface area contributed by atoms with Crippen LogP contribution in [-0.2, 0) is 30.8 Å². The number of aryl methyl sites for hydroxylation is 2. The van der Waals surface area contributed by atoms with Gasteiger partial charge in [-0.1, -0.05) is 85.3 Å². The first-order chi connectivity index (χ1) is 27.1. The van der Waals surface area contributed by atoms with Gasteiger partial charge in [0.25, 0.3) is 0 Å². The quantitative estimate of drug-likeness (QED) is 0.0868. The van der Waals surface area contributed by atoms with E-state index in [9.17, 15) is 4.79 Å². The van der Waals surface area contributed by atoms with Crippen molar-refractivity contribution in [2.45, 2.75) is 65.1 Å². The Labute approximate surface area is 322 Å². The van der Waals surface area contributed by atoms with E-state index < -0.39 is 0 Å². The molecule has 0 aliphatic carbocycles. The number of nitrogens with zero attached hydrogens (tertiary/aromatic N) is 4. The van der Waals surface area contributed by atoms with Crippen molar-refractivity contribution in [1.29, 1.82) is 0 Å². The van der Waals surface area contributed by atoms with Crippen molar-refractivity contribution in [2.75, 3.05) is 6.61 Å². The van der Waals surface area contributed by atoms with Crippen LogP contribution in [-0.4, -0.2) is 37.5 Å². The molecule has 9 nitrogen and oxygen atoms in total. The highest BCUT2D eigenvalue weighted by Crippen LogP contribution is 2.22. The van der Waals surface area contributed by atoms with Crippen molar-refractivity contribution in [3.05, 3.63) is 163 Å². The number of para-hydroxylation sites is 1. The van der Waals surface area contributed by atoms with Crippen LogP contribution in [0.4, 0.5) is 0 Å². The van der Waals surface area contributed by atoms with Crippen molar-refractivity contribution in [3.8, 4) is 28.4 Å². The number of ketones is 1. The monoisotopic (exact) mass is 733 g/mol. The first-order valence-electron chi connectivity index (χ1n) is 18.8. The fraction of sp³-hybridized carbons (Fsp3) is 0.239. The molecule has 7 aromatic rings. The number of fused-ring (bicyclic) bond motifs is 1. The zero-order valence-corrected chi connectivity index (χ0v) is 31.3. The lowest BCUT2D eigenvalue weighted by Crippen LogP contribution is -2.01. The third-order valence-electron chi connectivity index (χ3n) is 8.85. The van der Waals surface area contributed by atoms with Gasteiger partial charge in [-0.05, 0) is 86.2 Å². The van der Waals surface area contributed by atoms with E-state index >= 15 is 0 Å². The van der Waals surface area contributed by atoms with Crippen LogP contribution < -0.4 is 14.2 Å². The van der Waals surface area contributed by atoms with Crippen LogP contribution in [0, 0.1) is 0 Å². The minimum Gasteiger partial charge on any atom is -0.493 e. The Bertz CT molecular complexity index is 2190. The summed E-state index contributed by atoms with van der Waals surface area (Å²) in [5.74, 6) is 3.57. The van der Waals surface area contributed by atoms with Crippen molar-refractivity contribution < 1.29 is 19.0 Å². The lowest BCUT2D eigenvalue weighted by Gasteiger charge is -2.09. The molecule has 3 heterocycles. The minimum atomic E-state index is 0.280. The fourth-order valence-corrected chi connectivity index (χ4v) is 5.92. The summed E-state index contributed by atoms with van der Waals surface area (Å²) in [4.78, 5) is 24.2. The number of aromatic amines is 1. The fourth-order valence-electron chi connectivity index (χ4n) is 5.92. The smallest absolute Gasteiger partial charge is 0.137 e. The summed E-state index contributed by atoms with van der Waals surface area (Å²) < 4.78 is 17.6. The van der Waals surface area contributed by atoms with Gasteiger partial charge < -0.3 is 19.0 Å². The molecule has 1 N–H and O–H groups in total. The average Bonchev–Trinajstić information content (AvgIpc) is 3.76. The molecule has 0 saturated heterocycles. The van der Waals surface area contributed by atoms with Crippen LogP contribution in [0.3, 0.4) is 0 Å². The van der Waals surface area contributed by atoms with E-state index in [1.807, 2.05) is 91.1 Å². The number of Topliss-reactive ketones (excluding diaryl/α,β-unsaturated/α-hetero) is 1. The molecular weight excluding hydrogens is 687 g/mol. The highest BCUT2D eigenvalue weighted by Gasteiger charge is 2.05. The molecule has 0 aliphatic heterocycles. The topological polar surface area (TPSA) is 112 Å². The molecule has 0 saturated carbocycles. The number of carbonyl (C=O) groups is 1. The summed E-state index contributed by atoms with van der Waals surface area (Å²) in [5, 5.41) is 7.83. The molecule has 0 aliphatic rings. The maximum atomic E-state index is 11.0. The Morgan fingerprint density at radius 1 is 0.618 bits per heavy atom. The highest BCUT2D eigenvalue weighted by atomic mass is 16.5. The minimum absolute atomic E-state index is 0.280. The molecule has 0 spiro atoms. The zero-order valence-electron chi connectivity index (χ0n) is 31.3. The van der Waals surface area contributed by atoms with Gasteiger partial charge in [-0.2, -0.15) is 5.10 Å². The SMILES string of the molecule is CC(=O)CCCCCc1cccc(OCc2ccc3ccccc3n2)c1.c1ccc(-c2ccc(COc3cccc(OCCCc4ncn[nH]4)c3)nc2)cc1. The van der Waals surface area contributed by atoms with Gasteiger partial charge in [0, 0.05) is 36.1 Å². The van der Waals surface area contributed by atoms with Gasteiger partial charge in [-0.25, -0.2) is 9.97 Å². The second-order valence-electron chi connectivity index (χ2n) is 13.2. The van der Waals surface area contributed by atoms with Gasteiger partial charge >= 0.3 is 0 Å². The molecule has 0 radical (unpaired) electrons. The van der Waals surface area contributed by atoms with E-state index in [4.69, 9.17) is 14.2 Å². The number of hydrogen-bond donors (Lipinski definition) is 1. The first-order valence-corrected chi connectivity index (χ1v) is 18.8. The van der Waals surface area contributed by atoms with E-state index in [2.05, 4.69) is 67.6 Å². The first kappa shape index (κ1) is 38.4. The maximum Gasteiger partial charge on any atom is 0.137 e. The molecule has 7 rings (SSSR count). The van der Waals surface area contributed by atoms with Gasteiger partial charge in [-0.15, -0.1) is 0 Å². The van der Waals surface area contributed by atoms with E-state index in [-0.39, 0.29) is 5.78 Å². The van der Waals surface area contributed by atoms with Gasteiger partial charge in [-0.3, -0.25) is 10.1 Å². The van der Waals surface area contributed by atoms with Crippen molar-refractivity contribution in [2.24, 2.45) is 0 Å². The third-order valence-corrected chi connectivity index (χ3v) is 8.85. The lowest BCUT2D eigenvalue weighted by atomic mass is 10.1. The number of carbonyl (C=O) groups excluding carboxylic acids is 1. The van der Waals surface area contributed by atoms with Gasteiger partial charge in [0.2, 0.25) is 0 Å². The molecule has 280 valence electrons. The normalized spacial score (nSPS) is 10.7. The third kappa shape index (κ3) is 12.9. The zero-order chi connectivity index (χ0) is 37.9. The van der Waals surface area contributed by atoms with Crippen molar-refractivity contribution >= 4 is 16.7 Å². The van der Waals surface area contributed by atoms with E-state index in [0.717, 1.165) is 95.0 Å². The summed E-state index contributed by atoms with van der Waals surface area (Å²) >= 11 is 0. The lowest BCUT2D eigenvalue weighted by molar-refractivity contribution is -0.117. The number of benzene rings is 4. The van der Waals surface area contributed by atoms with Crippen LogP contribution in [0.5, 0.6) is 17.2 Å². The molecule has 0 amide bonds. The summed E-state index contributed by atoms with van der Waals surface area (Å²) in [6.07, 6.45) is 9.95. The van der Waals surface area contributed by atoms with Gasteiger partial charge in [0.05, 0.1) is 23.5 Å². The van der Waals surface area contributed by atoms with Gasteiger partial charge in [0.15, 0.2) is 0 Å². The van der Waals surface area contributed by atoms with Crippen LogP contribution >= 0.6 is 0 Å². The Balaban J connectivity index is 0.000000188. The number of H-pyrrole nitrogens is 1. The largest absolute Gasteiger partial charge is 0.493 e. The molecule has 0 bridgehead atoms. The summed E-state index contributed by atoms with van der Waals surface area (Å²) in [6.45, 7) is 3.13. The molecule has 3 aromatic heterocycles. The Morgan fingerprint density at radius 2 is 1.36 bits per heavy atom. The maximum absolute atomic E-state index is 11.0. The second kappa shape index (κ2) is 20.8. The number of unbranched alkanes of at least 4 members (excludes halogenated alkanes) is 2.